The molecule has 0 atom stereocenters. The third-order valence-electron chi connectivity index (χ3n) is 13.7. The van der Waals surface area contributed by atoms with Gasteiger partial charge in [-0.05, 0) is 133 Å². The Morgan fingerprint density at radius 1 is 0.403 bits per heavy atom. The Morgan fingerprint density at radius 2 is 0.910 bits per heavy atom. The molecule has 0 fully saturated rings. The summed E-state index contributed by atoms with van der Waals surface area (Å²) >= 11 is 0. The first-order valence-corrected chi connectivity index (χ1v) is 24.1. The van der Waals surface area contributed by atoms with Gasteiger partial charge < -0.3 is 14.5 Å². The van der Waals surface area contributed by atoms with Crippen LogP contribution in [-0.2, 0) is 27.1 Å². The number of benzene rings is 6. The number of anilines is 4. The van der Waals surface area contributed by atoms with Gasteiger partial charge in [-0.1, -0.05) is 158 Å². The summed E-state index contributed by atoms with van der Waals surface area (Å²) in [5, 5.41) is 2.37. The fourth-order valence-corrected chi connectivity index (χ4v) is 9.33. The van der Waals surface area contributed by atoms with Crippen LogP contribution in [0.25, 0.3) is 38.8 Å². The highest BCUT2D eigenvalue weighted by molar-refractivity contribution is 6.09. The van der Waals surface area contributed by atoms with Crippen molar-refractivity contribution in [2.24, 2.45) is 0 Å². The van der Waals surface area contributed by atoms with Gasteiger partial charge in [-0.25, -0.2) is 4.98 Å². The molecule has 8 aromatic rings. The summed E-state index contributed by atoms with van der Waals surface area (Å²) in [7, 11) is 0. The Kier molecular flexibility index (Phi) is 11.1. The van der Waals surface area contributed by atoms with Crippen molar-refractivity contribution in [1.82, 2.24) is 9.55 Å². The zero-order valence-electron chi connectivity index (χ0n) is 42.7. The average molecular weight is 887 g/mol. The van der Waals surface area contributed by atoms with E-state index in [1.165, 1.54) is 66.8 Å². The molecule has 5 heteroatoms. The number of hydrogen-bond acceptors (Lipinski definition) is 4. The largest absolute Gasteiger partial charge is 0.457 e. The molecule has 0 N–H and O–H groups in total. The Hall–Kier alpha value is -6.33. The van der Waals surface area contributed by atoms with Crippen molar-refractivity contribution in [3.05, 3.63) is 167 Å². The fraction of sp³-hybridized carbons (Fsp3) is 0.339. The molecule has 0 saturated heterocycles. The summed E-state index contributed by atoms with van der Waals surface area (Å²) in [6.45, 7) is 34.9. The summed E-state index contributed by atoms with van der Waals surface area (Å²) in [6, 6.07) is 49.7. The van der Waals surface area contributed by atoms with Crippen molar-refractivity contribution in [3.8, 4) is 28.4 Å². The van der Waals surface area contributed by atoms with Crippen molar-refractivity contribution in [2.45, 2.75) is 131 Å². The molecule has 1 aliphatic rings. The van der Waals surface area contributed by atoms with E-state index in [0.29, 0.717) is 6.67 Å². The first-order valence-electron chi connectivity index (χ1n) is 24.1. The highest BCUT2D eigenvalue weighted by Gasteiger charge is 2.31. The number of pyridine rings is 1. The zero-order valence-corrected chi connectivity index (χ0v) is 42.7. The molecular formula is C62H70N4O. The van der Waals surface area contributed by atoms with E-state index in [0.717, 1.165) is 34.0 Å². The van der Waals surface area contributed by atoms with E-state index < -0.39 is 0 Å². The van der Waals surface area contributed by atoms with Crippen LogP contribution in [0.5, 0.6) is 11.5 Å². The quantitative estimate of drug-likeness (QED) is 0.167. The molecule has 6 aromatic carbocycles. The smallest absolute Gasteiger partial charge is 0.137 e. The number of nitrogens with zero attached hydrogens (tertiary/aromatic N) is 4. The van der Waals surface area contributed by atoms with Crippen LogP contribution in [0.3, 0.4) is 0 Å². The van der Waals surface area contributed by atoms with Crippen LogP contribution in [0.4, 0.5) is 22.7 Å². The summed E-state index contributed by atoms with van der Waals surface area (Å²) in [4.78, 5) is 9.92. The van der Waals surface area contributed by atoms with E-state index in [2.05, 4.69) is 252 Å². The molecule has 67 heavy (non-hydrogen) atoms. The number of rotatable bonds is 6. The standard InChI is InChI=1S/C62H70N4O/c1-58(2,3)42-22-20-40(21-23-42)41-30-45(61(10,11)12)32-47(31-41)64-39-65(54-19-17-16-18-53(54)64)48-33-46(62(13,14)15)34-50(37-48)67-49-25-27-52-51-26-24-43(59(4,5)6)35-55(51)66(56(52)38-49)57-36-44(28-29-63-57)60(7,8)9/h16-38H,39H2,1-15H3. The highest BCUT2D eigenvalue weighted by Crippen LogP contribution is 2.48. The first kappa shape index (κ1) is 45.8. The monoisotopic (exact) mass is 887 g/mol. The van der Waals surface area contributed by atoms with Crippen molar-refractivity contribution >= 4 is 44.6 Å². The van der Waals surface area contributed by atoms with Gasteiger partial charge in [0.1, 0.15) is 24.0 Å². The molecule has 3 heterocycles. The van der Waals surface area contributed by atoms with E-state index in [1.807, 2.05) is 6.20 Å². The van der Waals surface area contributed by atoms with Gasteiger partial charge in [-0.2, -0.15) is 0 Å². The second-order valence-corrected chi connectivity index (χ2v) is 24.0. The SMILES string of the molecule is CC(C)(C)c1ccc(-c2cc(N3CN(c4cc(Oc5ccc6c7ccc(C(C)(C)C)cc7n(-c7cc(C(C)(C)C)ccn7)c6c5)cc(C(C)(C)C)c4)c4ccccc43)cc(C(C)(C)C)c2)cc1. The third kappa shape index (κ3) is 8.98. The highest BCUT2D eigenvalue weighted by atomic mass is 16.5. The van der Waals surface area contributed by atoms with Crippen LogP contribution in [0, 0.1) is 0 Å². The van der Waals surface area contributed by atoms with Crippen LogP contribution in [0.1, 0.15) is 132 Å². The van der Waals surface area contributed by atoms with Crippen LogP contribution in [-0.4, -0.2) is 16.2 Å². The molecule has 2 aromatic heterocycles. The second-order valence-electron chi connectivity index (χ2n) is 24.0. The minimum atomic E-state index is -0.129. The van der Waals surface area contributed by atoms with Gasteiger partial charge in [0.2, 0.25) is 0 Å². The molecule has 0 amide bonds. The molecule has 0 saturated carbocycles. The Balaban J connectivity index is 1.13. The van der Waals surface area contributed by atoms with Crippen molar-refractivity contribution < 1.29 is 4.74 Å². The van der Waals surface area contributed by atoms with Crippen molar-refractivity contribution in [1.29, 1.82) is 0 Å². The number of aromatic nitrogens is 2. The summed E-state index contributed by atoms with van der Waals surface area (Å²) in [5.41, 5.74) is 15.6. The lowest BCUT2D eigenvalue weighted by Gasteiger charge is -2.28. The number of fused-ring (bicyclic) bond motifs is 4. The van der Waals surface area contributed by atoms with E-state index in [9.17, 15) is 0 Å². The number of hydrogen-bond donors (Lipinski definition) is 0. The minimum absolute atomic E-state index is 0.00851. The van der Waals surface area contributed by atoms with Crippen LogP contribution in [0.2, 0.25) is 0 Å². The van der Waals surface area contributed by atoms with Gasteiger partial charge in [0.05, 0.1) is 22.4 Å². The van der Waals surface area contributed by atoms with E-state index in [1.54, 1.807) is 0 Å². The molecule has 344 valence electrons. The molecule has 9 rings (SSSR count). The van der Waals surface area contributed by atoms with Gasteiger partial charge in [-0.3, -0.25) is 4.57 Å². The fourth-order valence-electron chi connectivity index (χ4n) is 9.33. The predicted molar refractivity (Wildman–Crippen MR) is 286 cm³/mol. The summed E-state index contributed by atoms with van der Waals surface area (Å²) in [5.74, 6) is 2.49. The Bertz CT molecular complexity index is 3150. The minimum Gasteiger partial charge on any atom is -0.457 e. The third-order valence-corrected chi connectivity index (χ3v) is 13.7. The van der Waals surface area contributed by atoms with Crippen LogP contribution >= 0.6 is 0 Å². The van der Waals surface area contributed by atoms with Crippen LogP contribution < -0.4 is 14.5 Å². The number of ether oxygens (including phenoxy) is 1. The summed E-state index contributed by atoms with van der Waals surface area (Å²) < 4.78 is 9.37. The molecule has 0 aliphatic carbocycles. The lowest BCUT2D eigenvalue weighted by molar-refractivity contribution is 0.479. The molecule has 0 radical (unpaired) electrons. The second kappa shape index (κ2) is 16.2. The molecule has 0 unspecified atom stereocenters. The van der Waals surface area contributed by atoms with Crippen molar-refractivity contribution in [2.75, 3.05) is 16.5 Å². The van der Waals surface area contributed by atoms with E-state index >= 15 is 0 Å². The van der Waals surface area contributed by atoms with E-state index in [4.69, 9.17) is 9.72 Å². The zero-order chi connectivity index (χ0) is 48.0. The van der Waals surface area contributed by atoms with Gasteiger partial charge in [-0.15, -0.1) is 0 Å². The normalized spacial score (nSPS) is 13.8. The summed E-state index contributed by atoms with van der Waals surface area (Å²) in [6.07, 6.45) is 1.95. The van der Waals surface area contributed by atoms with Crippen LogP contribution in [0.15, 0.2) is 140 Å². The average Bonchev–Trinajstić information content (AvgIpc) is 3.80. The molecular weight excluding hydrogens is 817 g/mol. The lowest BCUT2D eigenvalue weighted by atomic mass is 9.83. The van der Waals surface area contributed by atoms with Gasteiger partial charge in [0, 0.05) is 40.5 Å². The maximum Gasteiger partial charge on any atom is 0.137 e. The predicted octanol–water partition coefficient (Wildman–Crippen LogP) is 17.4. The molecule has 0 bridgehead atoms. The van der Waals surface area contributed by atoms with Crippen molar-refractivity contribution in [3.63, 3.8) is 0 Å². The Morgan fingerprint density at radius 3 is 1.49 bits per heavy atom. The van der Waals surface area contributed by atoms with E-state index in [-0.39, 0.29) is 27.1 Å². The number of para-hydroxylation sites is 2. The lowest BCUT2D eigenvalue weighted by Crippen LogP contribution is -2.25. The van der Waals surface area contributed by atoms with Gasteiger partial charge in [0.25, 0.3) is 0 Å². The molecule has 0 spiro atoms. The van der Waals surface area contributed by atoms with Gasteiger partial charge >= 0.3 is 0 Å². The Labute approximate surface area is 400 Å². The maximum absolute atomic E-state index is 7.04. The molecule has 1 aliphatic heterocycles. The topological polar surface area (TPSA) is 33.5 Å². The molecule has 5 nitrogen and oxygen atoms in total. The maximum atomic E-state index is 7.04. The van der Waals surface area contributed by atoms with Gasteiger partial charge in [0.15, 0.2) is 0 Å². The first-order chi connectivity index (χ1) is 31.3.